The van der Waals surface area contributed by atoms with Crippen LogP contribution in [0.3, 0.4) is 0 Å². The number of hydrogen-bond donors (Lipinski definition) is 1. The van der Waals surface area contributed by atoms with Gasteiger partial charge in [-0.25, -0.2) is 0 Å². The molecule has 1 aromatic carbocycles. The molecule has 0 fully saturated rings. The summed E-state index contributed by atoms with van der Waals surface area (Å²) in [7, 11) is 2.02. The van der Waals surface area contributed by atoms with Gasteiger partial charge in [-0.05, 0) is 18.6 Å². The van der Waals surface area contributed by atoms with Crippen molar-refractivity contribution in [1.29, 1.82) is 0 Å². The highest BCUT2D eigenvalue weighted by Crippen LogP contribution is 2.31. The summed E-state index contributed by atoms with van der Waals surface area (Å²) >= 11 is 0. The van der Waals surface area contributed by atoms with Crippen molar-refractivity contribution in [2.24, 2.45) is 7.05 Å². The second kappa shape index (κ2) is 3.38. The largest absolute Gasteiger partial charge is 0.381 e. The van der Waals surface area contributed by atoms with Crippen LogP contribution in [0.15, 0.2) is 35.0 Å². The Morgan fingerprint density at radius 1 is 1.29 bits per heavy atom. The number of nitrogen functional groups attached to an aromatic ring is 1. The molecule has 0 aliphatic carbocycles. The second-order valence-electron chi connectivity index (χ2n) is 4.29. The fourth-order valence-corrected chi connectivity index (χ4v) is 2.11. The first kappa shape index (κ1) is 9.96. The third-order valence-corrected chi connectivity index (χ3v) is 2.94. The van der Waals surface area contributed by atoms with E-state index in [0.29, 0.717) is 11.6 Å². The first-order chi connectivity index (χ1) is 8.15. The molecule has 2 aromatic heterocycles. The number of fused-ring (bicyclic) bond motifs is 1. The Morgan fingerprint density at radius 2 is 2.12 bits per heavy atom. The predicted molar refractivity (Wildman–Crippen MR) is 67.6 cm³/mol. The summed E-state index contributed by atoms with van der Waals surface area (Å²) in [6, 6.07) is 8.08. The lowest BCUT2D eigenvalue weighted by Gasteiger charge is -1.97. The van der Waals surface area contributed by atoms with Crippen molar-refractivity contribution in [3.05, 3.63) is 36.0 Å². The molecule has 2 heterocycles. The highest BCUT2D eigenvalue weighted by atomic mass is 16.5. The van der Waals surface area contributed by atoms with E-state index in [9.17, 15) is 0 Å². The van der Waals surface area contributed by atoms with Gasteiger partial charge in [-0.1, -0.05) is 17.3 Å². The van der Waals surface area contributed by atoms with Gasteiger partial charge < -0.3 is 14.8 Å². The van der Waals surface area contributed by atoms with Gasteiger partial charge >= 0.3 is 0 Å². The van der Waals surface area contributed by atoms with E-state index in [4.69, 9.17) is 10.3 Å². The maximum Gasteiger partial charge on any atom is 0.171 e. The Hall–Kier alpha value is -2.23. The summed E-state index contributed by atoms with van der Waals surface area (Å²) in [5.41, 5.74) is 9.01. The summed E-state index contributed by atoms with van der Waals surface area (Å²) in [5, 5.41) is 4.87. The van der Waals surface area contributed by atoms with E-state index >= 15 is 0 Å². The van der Waals surface area contributed by atoms with Crippen LogP contribution in [0.2, 0.25) is 0 Å². The summed E-state index contributed by atoms with van der Waals surface area (Å²) in [6.45, 7) is 2.08. The number of hydrogen-bond acceptors (Lipinski definition) is 3. The van der Waals surface area contributed by atoms with E-state index in [1.165, 1.54) is 11.1 Å². The van der Waals surface area contributed by atoms with Gasteiger partial charge in [-0.15, -0.1) is 0 Å². The number of aryl methyl sites for hydroxylation is 2. The minimum absolute atomic E-state index is 0.407. The SMILES string of the molecule is Cc1ccc2c(-c3cc(N)no3)cn(C)c2c1. The van der Waals surface area contributed by atoms with E-state index in [-0.39, 0.29) is 0 Å². The Balaban J connectivity index is 2.31. The molecule has 0 aliphatic rings. The third-order valence-electron chi connectivity index (χ3n) is 2.94. The first-order valence-electron chi connectivity index (χ1n) is 5.43. The lowest BCUT2D eigenvalue weighted by Crippen LogP contribution is -1.83. The lowest BCUT2D eigenvalue weighted by molar-refractivity contribution is 0.436. The number of rotatable bonds is 1. The molecule has 0 spiro atoms. The molecular weight excluding hydrogens is 214 g/mol. The molecule has 0 unspecified atom stereocenters. The second-order valence-corrected chi connectivity index (χ2v) is 4.29. The van der Waals surface area contributed by atoms with Crippen molar-refractivity contribution in [2.45, 2.75) is 6.92 Å². The van der Waals surface area contributed by atoms with Gasteiger partial charge in [0, 0.05) is 35.8 Å². The van der Waals surface area contributed by atoms with Gasteiger partial charge in [0.2, 0.25) is 0 Å². The fraction of sp³-hybridized carbons (Fsp3) is 0.154. The van der Waals surface area contributed by atoms with Crippen LogP contribution in [0, 0.1) is 6.92 Å². The summed E-state index contributed by atoms with van der Waals surface area (Å²) < 4.78 is 7.29. The van der Waals surface area contributed by atoms with Crippen LogP contribution in [0.1, 0.15) is 5.56 Å². The van der Waals surface area contributed by atoms with Gasteiger partial charge in [-0.2, -0.15) is 0 Å². The number of aromatic nitrogens is 2. The molecule has 86 valence electrons. The van der Waals surface area contributed by atoms with Crippen LogP contribution in [-0.4, -0.2) is 9.72 Å². The number of benzene rings is 1. The van der Waals surface area contributed by atoms with E-state index in [0.717, 1.165) is 10.9 Å². The van der Waals surface area contributed by atoms with Crippen LogP contribution in [-0.2, 0) is 7.05 Å². The number of nitrogens with two attached hydrogens (primary N) is 1. The maximum absolute atomic E-state index is 5.58. The fourth-order valence-electron chi connectivity index (χ4n) is 2.11. The van der Waals surface area contributed by atoms with Crippen LogP contribution < -0.4 is 5.73 Å². The molecule has 0 amide bonds. The Bertz CT molecular complexity index is 694. The summed E-state index contributed by atoms with van der Waals surface area (Å²) in [5.74, 6) is 1.11. The van der Waals surface area contributed by atoms with Crippen molar-refractivity contribution in [1.82, 2.24) is 9.72 Å². The highest BCUT2D eigenvalue weighted by molar-refractivity contribution is 5.95. The normalized spacial score (nSPS) is 11.2. The van der Waals surface area contributed by atoms with Crippen molar-refractivity contribution in [2.75, 3.05) is 5.73 Å². The van der Waals surface area contributed by atoms with Crippen LogP contribution in [0.25, 0.3) is 22.2 Å². The molecule has 0 atom stereocenters. The zero-order chi connectivity index (χ0) is 12.0. The topological polar surface area (TPSA) is 57.0 Å². The molecular formula is C13H13N3O. The molecule has 0 bridgehead atoms. The molecule has 3 aromatic rings. The molecule has 0 radical (unpaired) electrons. The van der Waals surface area contributed by atoms with Crippen molar-refractivity contribution < 1.29 is 4.52 Å². The first-order valence-corrected chi connectivity index (χ1v) is 5.43. The average Bonchev–Trinajstić information content (AvgIpc) is 2.84. The van der Waals surface area contributed by atoms with Crippen molar-refractivity contribution >= 4 is 16.7 Å². The van der Waals surface area contributed by atoms with Crippen LogP contribution in [0.5, 0.6) is 0 Å². The van der Waals surface area contributed by atoms with Gasteiger partial charge in [0.05, 0.1) is 0 Å². The van der Waals surface area contributed by atoms with Gasteiger partial charge in [0.1, 0.15) is 0 Å². The zero-order valence-corrected chi connectivity index (χ0v) is 9.77. The minimum Gasteiger partial charge on any atom is -0.381 e. The van der Waals surface area contributed by atoms with E-state index < -0.39 is 0 Å². The Labute approximate surface area is 98.6 Å². The van der Waals surface area contributed by atoms with Gasteiger partial charge in [0.15, 0.2) is 11.6 Å². The quantitative estimate of drug-likeness (QED) is 0.695. The number of nitrogens with zero attached hydrogens (tertiary/aromatic N) is 2. The minimum atomic E-state index is 0.407. The summed E-state index contributed by atoms with van der Waals surface area (Å²) in [4.78, 5) is 0. The van der Waals surface area contributed by atoms with Gasteiger partial charge in [-0.3, -0.25) is 0 Å². The highest BCUT2D eigenvalue weighted by Gasteiger charge is 2.12. The maximum atomic E-state index is 5.58. The zero-order valence-electron chi connectivity index (χ0n) is 9.77. The van der Waals surface area contributed by atoms with Crippen molar-refractivity contribution in [3.8, 4) is 11.3 Å². The Kier molecular flexibility index (Phi) is 1.98. The molecule has 0 saturated heterocycles. The van der Waals surface area contributed by atoms with Crippen LogP contribution in [0.4, 0.5) is 5.82 Å². The molecule has 2 N–H and O–H groups in total. The van der Waals surface area contributed by atoms with Gasteiger partial charge in [0.25, 0.3) is 0 Å². The predicted octanol–water partition coefficient (Wildman–Crippen LogP) is 2.72. The van der Waals surface area contributed by atoms with E-state index in [1.54, 1.807) is 6.07 Å². The van der Waals surface area contributed by atoms with Crippen LogP contribution >= 0.6 is 0 Å². The molecule has 4 nitrogen and oxygen atoms in total. The number of anilines is 1. The third kappa shape index (κ3) is 1.49. The molecule has 4 heteroatoms. The molecule has 0 saturated carbocycles. The lowest BCUT2D eigenvalue weighted by atomic mass is 10.1. The van der Waals surface area contributed by atoms with Crippen molar-refractivity contribution in [3.63, 3.8) is 0 Å². The Morgan fingerprint density at radius 3 is 2.82 bits per heavy atom. The monoisotopic (exact) mass is 227 g/mol. The average molecular weight is 227 g/mol. The molecule has 0 aliphatic heterocycles. The standard InChI is InChI=1S/C13H13N3O/c1-8-3-4-9-10(7-16(2)11(9)5-8)12-6-13(14)15-17-12/h3-7H,1-2H3,(H2,14,15). The molecule has 17 heavy (non-hydrogen) atoms. The van der Waals surface area contributed by atoms with E-state index in [1.807, 2.05) is 13.2 Å². The molecule has 3 rings (SSSR count). The van der Waals surface area contributed by atoms with E-state index in [2.05, 4.69) is 34.8 Å². The smallest absolute Gasteiger partial charge is 0.171 e. The summed E-state index contributed by atoms with van der Waals surface area (Å²) in [6.07, 6.45) is 2.03.